The summed E-state index contributed by atoms with van der Waals surface area (Å²) in [5.74, 6) is 0.0309. The summed E-state index contributed by atoms with van der Waals surface area (Å²) in [5.41, 5.74) is 2.42. The van der Waals surface area contributed by atoms with Gasteiger partial charge >= 0.3 is 0 Å². The Hall–Kier alpha value is -2.10. The van der Waals surface area contributed by atoms with E-state index < -0.39 is 0 Å². The number of hydrogen-bond acceptors (Lipinski definition) is 2. The van der Waals surface area contributed by atoms with Crippen molar-refractivity contribution in [3.63, 3.8) is 0 Å². The number of aromatic nitrogens is 1. The van der Waals surface area contributed by atoms with Crippen molar-refractivity contribution in [2.75, 3.05) is 7.05 Å². The first kappa shape index (κ1) is 13.3. The number of fused-ring (bicyclic) bond motifs is 1. The van der Waals surface area contributed by atoms with E-state index in [1.54, 1.807) is 11.9 Å². The maximum absolute atomic E-state index is 12.0. The first-order valence-electron chi connectivity index (χ1n) is 6.37. The standard InChI is InChI=1S/C15H18N2O2/c1-4-14(18)17(3)9-12-8-11-6-5-10(2)7-13(11)16-15(12)19/h5-8H,4,9H2,1-3H3,(H,16,19). The molecule has 2 aromatic rings. The topological polar surface area (TPSA) is 53.2 Å². The summed E-state index contributed by atoms with van der Waals surface area (Å²) >= 11 is 0. The number of aryl methyl sites for hydroxylation is 1. The summed E-state index contributed by atoms with van der Waals surface area (Å²) in [6.07, 6.45) is 0.446. The number of aromatic amines is 1. The van der Waals surface area contributed by atoms with Crippen LogP contribution >= 0.6 is 0 Å². The van der Waals surface area contributed by atoms with E-state index in [-0.39, 0.29) is 11.5 Å². The third kappa shape index (κ3) is 2.84. The summed E-state index contributed by atoms with van der Waals surface area (Å²) in [7, 11) is 1.71. The van der Waals surface area contributed by atoms with E-state index in [2.05, 4.69) is 4.98 Å². The Morgan fingerprint density at radius 1 is 1.32 bits per heavy atom. The van der Waals surface area contributed by atoms with Crippen LogP contribution in [0.1, 0.15) is 24.5 Å². The summed E-state index contributed by atoms with van der Waals surface area (Å²) in [6, 6.07) is 7.78. The van der Waals surface area contributed by atoms with Crippen LogP contribution in [0.2, 0.25) is 0 Å². The van der Waals surface area contributed by atoms with Crippen molar-refractivity contribution in [1.82, 2.24) is 9.88 Å². The molecular formula is C15H18N2O2. The molecule has 1 N–H and O–H groups in total. The summed E-state index contributed by atoms with van der Waals surface area (Å²) < 4.78 is 0. The van der Waals surface area contributed by atoms with Crippen molar-refractivity contribution in [1.29, 1.82) is 0 Å². The third-order valence-corrected chi connectivity index (χ3v) is 3.21. The van der Waals surface area contributed by atoms with E-state index in [0.717, 1.165) is 16.5 Å². The number of H-pyrrole nitrogens is 1. The number of nitrogens with one attached hydrogen (secondary N) is 1. The smallest absolute Gasteiger partial charge is 0.253 e. The highest BCUT2D eigenvalue weighted by molar-refractivity contribution is 5.80. The highest BCUT2D eigenvalue weighted by Gasteiger charge is 2.10. The van der Waals surface area contributed by atoms with Gasteiger partial charge in [0.05, 0.1) is 6.54 Å². The Labute approximate surface area is 112 Å². The van der Waals surface area contributed by atoms with E-state index in [1.807, 2.05) is 38.1 Å². The van der Waals surface area contributed by atoms with Gasteiger partial charge in [0.15, 0.2) is 0 Å². The average molecular weight is 258 g/mol. The van der Waals surface area contributed by atoms with Crippen LogP contribution in [0.3, 0.4) is 0 Å². The average Bonchev–Trinajstić information content (AvgIpc) is 2.38. The van der Waals surface area contributed by atoms with Crippen LogP contribution in [0, 0.1) is 6.92 Å². The van der Waals surface area contributed by atoms with E-state index in [0.29, 0.717) is 18.5 Å². The van der Waals surface area contributed by atoms with Gasteiger partial charge in [-0.1, -0.05) is 19.1 Å². The minimum atomic E-state index is -0.131. The van der Waals surface area contributed by atoms with E-state index in [4.69, 9.17) is 0 Å². The Kier molecular flexibility index (Phi) is 3.69. The molecule has 1 aromatic heterocycles. The fourth-order valence-corrected chi connectivity index (χ4v) is 2.09. The first-order valence-corrected chi connectivity index (χ1v) is 6.37. The van der Waals surface area contributed by atoms with Crippen molar-refractivity contribution >= 4 is 16.8 Å². The molecule has 19 heavy (non-hydrogen) atoms. The zero-order chi connectivity index (χ0) is 14.0. The van der Waals surface area contributed by atoms with Gasteiger partial charge in [0.2, 0.25) is 5.91 Å². The second-order valence-electron chi connectivity index (χ2n) is 4.82. The number of nitrogens with zero attached hydrogens (tertiary/aromatic N) is 1. The molecule has 1 amide bonds. The van der Waals surface area contributed by atoms with Crippen LogP contribution < -0.4 is 5.56 Å². The minimum Gasteiger partial charge on any atom is -0.341 e. The predicted molar refractivity (Wildman–Crippen MR) is 76.1 cm³/mol. The van der Waals surface area contributed by atoms with Crippen molar-refractivity contribution in [3.8, 4) is 0 Å². The van der Waals surface area contributed by atoms with Crippen molar-refractivity contribution in [3.05, 3.63) is 45.7 Å². The molecule has 0 bridgehead atoms. The molecule has 1 heterocycles. The Bertz CT molecular complexity index is 673. The van der Waals surface area contributed by atoms with Gasteiger partial charge in [0.1, 0.15) is 0 Å². The number of pyridine rings is 1. The second-order valence-corrected chi connectivity index (χ2v) is 4.82. The van der Waals surface area contributed by atoms with Crippen molar-refractivity contribution < 1.29 is 4.79 Å². The highest BCUT2D eigenvalue weighted by Crippen LogP contribution is 2.13. The monoisotopic (exact) mass is 258 g/mol. The van der Waals surface area contributed by atoms with Gasteiger partial charge in [-0.05, 0) is 30.0 Å². The molecule has 2 rings (SSSR count). The molecule has 0 saturated carbocycles. The Balaban J connectivity index is 2.39. The molecule has 4 heteroatoms. The molecule has 4 nitrogen and oxygen atoms in total. The van der Waals surface area contributed by atoms with Crippen molar-refractivity contribution in [2.45, 2.75) is 26.8 Å². The van der Waals surface area contributed by atoms with Gasteiger partial charge in [-0.2, -0.15) is 0 Å². The maximum atomic E-state index is 12.0. The molecule has 0 aliphatic heterocycles. The molecule has 0 fully saturated rings. The maximum Gasteiger partial charge on any atom is 0.253 e. The fraction of sp³-hybridized carbons (Fsp3) is 0.333. The third-order valence-electron chi connectivity index (χ3n) is 3.21. The van der Waals surface area contributed by atoms with Crippen molar-refractivity contribution in [2.24, 2.45) is 0 Å². The number of hydrogen-bond donors (Lipinski definition) is 1. The van der Waals surface area contributed by atoms with Gasteiger partial charge in [-0.25, -0.2) is 0 Å². The fourth-order valence-electron chi connectivity index (χ4n) is 2.09. The molecule has 1 aromatic carbocycles. The first-order chi connectivity index (χ1) is 9.01. The van der Waals surface area contributed by atoms with E-state index in [9.17, 15) is 9.59 Å². The summed E-state index contributed by atoms with van der Waals surface area (Å²) in [4.78, 5) is 28.0. The number of benzene rings is 1. The summed E-state index contributed by atoms with van der Waals surface area (Å²) in [5, 5.41) is 0.984. The molecule has 100 valence electrons. The number of carbonyl (C=O) groups is 1. The van der Waals surface area contributed by atoms with Crippen LogP contribution in [0.15, 0.2) is 29.1 Å². The van der Waals surface area contributed by atoms with Gasteiger partial charge < -0.3 is 9.88 Å². The number of rotatable bonds is 3. The number of amides is 1. The molecule has 0 unspecified atom stereocenters. The van der Waals surface area contributed by atoms with Gasteiger partial charge in [-0.3, -0.25) is 9.59 Å². The Morgan fingerprint density at radius 3 is 2.74 bits per heavy atom. The van der Waals surface area contributed by atoms with Crippen LogP contribution in [0.25, 0.3) is 10.9 Å². The lowest BCUT2D eigenvalue weighted by Crippen LogP contribution is -2.28. The lowest BCUT2D eigenvalue weighted by atomic mass is 10.1. The molecule has 0 atom stereocenters. The molecule has 0 aliphatic rings. The molecule has 0 saturated heterocycles. The van der Waals surface area contributed by atoms with Gasteiger partial charge in [-0.15, -0.1) is 0 Å². The molecule has 0 aliphatic carbocycles. The predicted octanol–water partition coefficient (Wildman–Crippen LogP) is 2.20. The second kappa shape index (κ2) is 5.26. The largest absolute Gasteiger partial charge is 0.341 e. The van der Waals surface area contributed by atoms with Crippen LogP contribution in [-0.2, 0) is 11.3 Å². The lowest BCUT2D eigenvalue weighted by Gasteiger charge is -2.16. The number of carbonyl (C=O) groups excluding carboxylic acids is 1. The quantitative estimate of drug-likeness (QED) is 0.917. The van der Waals surface area contributed by atoms with E-state index >= 15 is 0 Å². The zero-order valence-electron chi connectivity index (χ0n) is 11.5. The van der Waals surface area contributed by atoms with Crippen LogP contribution in [0.4, 0.5) is 0 Å². The molecule has 0 spiro atoms. The van der Waals surface area contributed by atoms with Crippen LogP contribution in [-0.4, -0.2) is 22.8 Å². The normalized spacial score (nSPS) is 10.7. The highest BCUT2D eigenvalue weighted by atomic mass is 16.2. The minimum absolute atomic E-state index is 0.0309. The Morgan fingerprint density at radius 2 is 2.05 bits per heavy atom. The van der Waals surface area contributed by atoms with E-state index in [1.165, 1.54) is 0 Å². The lowest BCUT2D eigenvalue weighted by molar-refractivity contribution is -0.130. The van der Waals surface area contributed by atoms with Gasteiger partial charge in [0.25, 0.3) is 5.56 Å². The molecule has 0 radical (unpaired) electrons. The van der Waals surface area contributed by atoms with Crippen LogP contribution in [0.5, 0.6) is 0 Å². The van der Waals surface area contributed by atoms with Gasteiger partial charge in [0, 0.05) is 24.5 Å². The SMILES string of the molecule is CCC(=O)N(C)Cc1cc2ccc(C)cc2[nH]c1=O. The zero-order valence-corrected chi connectivity index (χ0v) is 11.5. The summed E-state index contributed by atoms with van der Waals surface area (Å²) in [6.45, 7) is 4.14. The molecular weight excluding hydrogens is 240 g/mol.